The number of ether oxygens (including phenoxy) is 2. The molecule has 15 heteroatoms. The van der Waals surface area contributed by atoms with Gasteiger partial charge < -0.3 is 24.2 Å². The van der Waals surface area contributed by atoms with Gasteiger partial charge in [-0.1, -0.05) is 12.1 Å². The predicted octanol–water partition coefficient (Wildman–Crippen LogP) is 2.36. The van der Waals surface area contributed by atoms with Gasteiger partial charge in [-0.15, -0.1) is 0 Å². The Morgan fingerprint density at radius 3 is 2.26 bits per heavy atom. The molecule has 43 heavy (non-hydrogen) atoms. The van der Waals surface area contributed by atoms with Gasteiger partial charge in [0.15, 0.2) is 0 Å². The first-order valence-electron chi connectivity index (χ1n) is 13.6. The highest BCUT2D eigenvalue weighted by Crippen LogP contribution is 2.31. The van der Waals surface area contributed by atoms with E-state index in [4.69, 9.17) is 9.47 Å². The van der Waals surface area contributed by atoms with Crippen molar-refractivity contribution in [3.63, 3.8) is 0 Å². The van der Waals surface area contributed by atoms with Crippen molar-refractivity contribution in [2.45, 2.75) is 30.0 Å². The van der Waals surface area contributed by atoms with Crippen LogP contribution < -0.4 is 9.46 Å². The SMILES string of the molecule is CNS(=O)(=O)c1ccc(CC(=O)N2CCN(C(=O)OC)CC2CN2CCC(C(=O)Oc3ccc(C(F)(F)F)cc3)C2)cc1. The standard InChI is InChI=1S/C28H33F3N4O7S/c1-32-43(39,40)24-9-3-19(4-10-24)15-25(36)35-14-13-34(27(38)41-2)18-22(35)17-33-12-11-20(16-33)26(37)42-23-7-5-21(6-8-23)28(29,30)31/h3-10,20,22,32H,11-18H2,1-2H3. The Labute approximate surface area is 247 Å². The second-order valence-electron chi connectivity index (χ2n) is 10.4. The number of esters is 1. The maximum Gasteiger partial charge on any atom is 0.416 e. The summed E-state index contributed by atoms with van der Waals surface area (Å²) in [5.41, 5.74) is -0.216. The molecule has 2 unspecified atom stereocenters. The smallest absolute Gasteiger partial charge is 0.416 e. The lowest BCUT2D eigenvalue weighted by atomic mass is 10.1. The van der Waals surface area contributed by atoms with Crippen molar-refractivity contribution in [3.05, 3.63) is 59.7 Å². The zero-order valence-corrected chi connectivity index (χ0v) is 24.5. The molecule has 2 aromatic carbocycles. The molecule has 2 aromatic rings. The third-order valence-corrected chi connectivity index (χ3v) is 9.00. The fraction of sp³-hybridized carbons (Fsp3) is 0.464. The van der Waals surface area contributed by atoms with Crippen LogP contribution in [0.5, 0.6) is 5.75 Å². The largest absolute Gasteiger partial charge is 0.453 e. The topological polar surface area (TPSA) is 126 Å². The van der Waals surface area contributed by atoms with Crippen LogP contribution in [0, 0.1) is 5.92 Å². The number of alkyl halides is 3. The van der Waals surface area contributed by atoms with E-state index in [1.54, 1.807) is 17.0 Å². The molecule has 4 rings (SSSR count). The number of methoxy groups -OCH3 is 1. The lowest BCUT2D eigenvalue weighted by Crippen LogP contribution is -2.60. The maximum atomic E-state index is 13.4. The van der Waals surface area contributed by atoms with Crippen LogP contribution in [-0.4, -0.2) is 101 Å². The monoisotopic (exact) mass is 626 g/mol. The Morgan fingerprint density at radius 2 is 1.65 bits per heavy atom. The number of hydrogen-bond acceptors (Lipinski definition) is 8. The molecule has 234 valence electrons. The number of nitrogens with one attached hydrogen (secondary N) is 1. The Balaban J connectivity index is 1.39. The Bertz CT molecular complexity index is 1420. The van der Waals surface area contributed by atoms with Gasteiger partial charge in [0, 0.05) is 32.7 Å². The van der Waals surface area contributed by atoms with E-state index in [0.29, 0.717) is 31.6 Å². The Hall–Kier alpha value is -3.69. The zero-order valence-electron chi connectivity index (χ0n) is 23.7. The van der Waals surface area contributed by atoms with Crippen molar-refractivity contribution >= 4 is 28.0 Å². The molecule has 1 N–H and O–H groups in total. The Kier molecular flexibility index (Phi) is 9.97. The number of amides is 2. The van der Waals surface area contributed by atoms with Gasteiger partial charge in [-0.3, -0.25) is 9.59 Å². The van der Waals surface area contributed by atoms with Crippen LogP contribution in [0.3, 0.4) is 0 Å². The van der Waals surface area contributed by atoms with Gasteiger partial charge in [0.25, 0.3) is 0 Å². The number of carbonyl (C=O) groups excluding carboxylic acids is 3. The first-order valence-corrected chi connectivity index (χ1v) is 15.0. The summed E-state index contributed by atoms with van der Waals surface area (Å²) in [4.78, 5) is 43.7. The summed E-state index contributed by atoms with van der Waals surface area (Å²) in [5, 5.41) is 0. The molecule has 2 fully saturated rings. The number of sulfonamides is 1. The van der Waals surface area contributed by atoms with Crippen molar-refractivity contribution < 1.29 is 45.4 Å². The van der Waals surface area contributed by atoms with E-state index in [-0.39, 0.29) is 42.6 Å². The summed E-state index contributed by atoms with van der Waals surface area (Å²) in [6.45, 7) is 1.95. The summed E-state index contributed by atoms with van der Waals surface area (Å²) < 4.78 is 74.9. The van der Waals surface area contributed by atoms with Crippen molar-refractivity contribution in [3.8, 4) is 5.75 Å². The molecule has 0 aliphatic carbocycles. The summed E-state index contributed by atoms with van der Waals surface area (Å²) in [7, 11) is -1.02. The fourth-order valence-electron chi connectivity index (χ4n) is 5.22. The van der Waals surface area contributed by atoms with Gasteiger partial charge in [-0.05, 0) is 62.0 Å². The fourth-order valence-corrected chi connectivity index (χ4v) is 5.95. The van der Waals surface area contributed by atoms with Gasteiger partial charge in [-0.2, -0.15) is 13.2 Å². The number of piperazine rings is 1. The molecular weight excluding hydrogens is 593 g/mol. The summed E-state index contributed by atoms with van der Waals surface area (Å²) >= 11 is 0. The first-order chi connectivity index (χ1) is 20.3. The number of hydrogen-bond donors (Lipinski definition) is 1. The molecule has 2 saturated heterocycles. The second kappa shape index (κ2) is 13.3. The van der Waals surface area contributed by atoms with Crippen LogP contribution in [0.2, 0.25) is 0 Å². The van der Waals surface area contributed by atoms with Crippen LogP contribution in [0.25, 0.3) is 0 Å². The van der Waals surface area contributed by atoms with Gasteiger partial charge in [0.2, 0.25) is 15.9 Å². The van der Waals surface area contributed by atoms with E-state index < -0.39 is 45.8 Å². The average Bonchev–Trinajstić information content (AvgIpc) is 3.45. The van der Waals surface area contributed by atoms with E-state index in [2.05, 4.69) is 4.72 Å². The van der Waals surface area contributed by atoms with Crippen molar-refractivity contribution in [1.82, 2.24) is 19.4 Å². The lowest BCUT2D eigenvalue weighted by Gasteiger charge is -2.42. The number of halogens is 3. The van der Waals surface area contributed by atoms with E-state index in [0.717, 1.165) is 24.3 Å². The molecule has 2 heterocycles. The molecule has 0 spiro atoms. The number of nitrogens with zero attached hydrogens (tertiary/aromatic N) is 3. The van der Waals surface area contributed by atoms with Crippen LogP contribution >= 0.6 is 0 Å². The summed E-state index contributed by atoms with van der Waals surface area (Å²) in [5.74, 6) is -1.25. The lowest BCUT2D eigenvalue weighted by molar-refractivity contribution is -0.139. The van der Waals surface area contributed by atoms with Crippen molar-refractivity contribution in [1.29, 1.82) is 0 Å². The molecule has 2 aliphatic heterocycles. The Morgan fingerprint density at radius 1 is 0.977 bits per heavy atom. The zero-order chi connectivity index (χ0) is 31.4. The van der Waals surface area contributed by atoms with Crippen LogP contribution in [-0.2, 0) is 36.9 Å². The minimum Gasteiger partial charge on any atom is -0.453 e. The predicted molar refractivity (Wildman–Crippen MR) is 147 cm³/mol. The summed E-state index contributed by atoms with van der Waals surface area (Å²) in [6.07, 6.45) is -4.52. The molecule has 11 nitrogen and oxygen atoms in total. The molecule has 2 atom stereocenters. The molecular formula is C28H33F3N4O7S. The highest BCUT2D eigenvalue weighted by molar-refractivity contribution is 7.89. The van der Waals surface area contributed by atoms with Gasteiger partial charge in [0.05, 0.1) is 35.9 Å². The second-order valence-corrected chi connectivity index (χ2v) is 12.3. The number of rotatable bonds is 8. The van der Waals surface area contributed by atoms with Gasteiger partial charge >= 0.3 is 18.2 Å². The maximum absolute atomic E-state index is 13.4. The average molecular weight is 627 g/mol. The van der Waals surface area contributed by atoms with E-state index in [1.165, 1.54) is 31.2 Å². The third-order valence-electron chi connectivity index (χ3n) is 7.57. The van der Waals surface area contributed by atoms with Crippen molar-refractivity contribution in [2.75, 3.05) is 53.4 Å². The van der Waals surface area contributed by atoms with Gasteiger partial charge in [-0.25, -0.2) is 17.9 Å². The van der Waals surface area contributed by atoms with E-state index in [9.17, 15) is 36.0 Å². The highest BCUT2D eigenvalue weighted by Gasteiger charge is 2.37. The van der Waals surface area contributed by atoms with Crippen molar-refractivity contribution in [2.24, 2.45) is 5.92 Å². The molecule has 0 aromatic heterocycles. The molecule has 2 aliphatic rings. The minimum absolute atomic E-state index is 0.0193. The van der Waals surface area contributed by atoms with E-state index >= 15 is 0 Å². The molecule has 0 saturated carbocycles. The summed E-state index contributed by atoms with van der Waals surface area (Å²) in [6, 6.07) is 9.51. The molecule has 0 bridgehead atoms. The van der Waals surface area contributed by atoms with Crippen LogP contribution in [0.1, 0.15) is 17.5 Å². The van der Waals surface area contributed by atoms with E-state index in [1.807, 2.05) is 4.90 Å². The quantitative estimate of drug-likeness (QED) is 0.350. The third kappa shape index (κ3) is 8.03. The first kappa shape index (κ1) is 32.2. The van der Waals surface area contributed by atoms with Gasteiger partial charge in [0.1, 0.15) is 5.75 Å². The number of benzene rings is 2. The number of likely N-dealkylation sites (tertiary alicyclic amines) is 1. The number of carbonyl (C=O) groups is 3. The van der Waals surface area contributed by atoms with Crippen LogP contribution in [0.15, 0.2) is 53.4 Å². The normalized spacial score (nSPS) is 19.7. The highest BCUT2D eigenvalue weighted by atomic mass is 32.2. The van der Waals surface area contributed by atoms with Crippen LogP contribution in [0.4, 0.5) is 18.0 Å². The molecule has 2 amide bonds. The minimum atomic E-state index is -4.49. The molecule has 0 radical (unpaired) electrons.